The van der Waals surface area contributed by atoms with E-state index in [1.807, 2.05) is 50.2 Å². The number of aromatic nitrogens is 1. The second-order valence-electron chi connectivity index (χ2n) is 7.40. The van der Waals surface area contributed by atoms with Crippen LogP contribution in [0.15, 0.2) is 48.8 Å². The molecule has 2 N–H and O–H groups in total. The molecule has 0 bridgehead atoms. The zero-order chi connectivity index (χ0) is 19.2. The topological polar surface area (TPSA) is 57.3 Å². The SMILES string of the molecule is CC(C)NC(=O)[C@@H]1C[C@@H](NCc2ccncc2)CN1Cc1ccc(Cl)cc1. The highest BCUT2D eigenvalue weighted by Crippen LogP contribution is 2.22. The number of pyridine rings is 1. The molecule has 0 saturated carbocycles. The van der Waals surface area contributed by atoms with Crippen molar-refractivity contribution in [1.29, 1.82) is 0 Å². The lowest BCUT2D eigenvalue weighted by atomic mass is 10.1. The molecule has 0 radical (unpaired) electrons. The Morgan fingerprint density at radius 1 is 1.19 bits per heavy atom. The number of hydrogen-bond donors (Lipinski definition) is 2. The molecule has 27 heavy (non-hydrogen) atoms. The molecule has 1 aromatic carbocycles. The summed E-state index contributed by atoms with van der Waals surface area (Å²) < 4.78 is 0. The van der Waals surface area contributed by atoms with Gasteiger partial charge in [-0.25, -0.2) is 0 Å². The first-order valence-electron chi connectivity index (χ1n) is 9.42. The van der Waals surface area contributed by atoms with E-state index in [0.717, 1.165) is 36.6 Å². The number of carbonyl (C=O) groups is 1. The van der Waals surface area contributed by atoms with Gasteiger partial charge in [0.1, 0.15) is 0 Å². The van der Waals surface area contributed by atoms with Gasteiger partial charge in [-0.15, -0.1) is 0 Å². The van der Waals surface area contributed by atoms with Crippen molar-refractivity contribution in [3.05, 3.63) is 64.9 Å². The lowest BCUT2D eigenvalue weighted by Gasteiger charge is -2.24. The third-order valence-electron chi connectivity index (χ3n) is 4.78. The molecule has 1 fully saturated rings. The van der Waals surface area contributed by atoms with Gasteiger partial charge in [-0.1, -0.05) is 23.7 Å². The lowest BCUT2D eigenvalue weighted by molar-refractivity contribution is -0.126. The lowest BCUT2D eigenvalue weighted by Crippen LogP contribution is -2.45. The average molecular weight is 387 g/mol. The van der Waals surface area contributed by atoms with E-state index in [0.29, 0.717) is 0 Å². The highest BCUT2D eigenvalue weighted by atomic mass is 35.5. The summed E-state index contributed by atoms with van der Waals surface area (Å²) in [4.78, 5) is 19.0. The molecule has 0 unspecified atom stereocenters. The Bertz CT molecular complexity index is 736. The van der Waals surface area contributed by atoms with E-state index in [2.05, 4.69) is 20.5 Å². The van der Waals surface area contributed by atoms with Gasteiger partial charge in [0.2, 0.25) is 5.91 Å². The van der Waals surface area contributed by atoms with Gasteiger partial charge in [0, 0.05) is 49.1 Å². The van der Waals surface area contributed by atoms with Crippen LogP contribution in [0.25, 0.3) is 0 Å². The maximum Gasteiger partial charge on any atom is 0.237 e. The summed E-state index contributed by atoms with van der Waals surface area (Å²) in [7, 11) is 0. The van der Waals surface area contributed by atoms with Gasteiger partial charge in [-0.3, -0.25) is 14.7 Å². The minimum absolute atomic E-state index is 0.104. The van der Waals surface area contributed by atoms with E-state index in [1.165, 1.54) is 5.56 Å². The van der Waals surface area contributed by atoms with Crippen LogP contribution in [0.5, 0.6) is 0 Å². The first-order chi connectivity index (χ1) is 13.0. The first-order valence-corrected chi connectivity index (χ1v) is 9.80. The summed E-state index contributed by atoms with van der Waals surface area (Å²) in [5, 5.41) is 7.38. The number of nitrogens with zero attached hydrogens (tertiary/aromatic N) is 2. The van der Waals surface area contributed by atoms with Gasteiger partial charge in [0.15, 0.2) is 0 Å². The Morgan fingerprint density at radius 3 is 2.56 bits per heavy atom. The summed E-state index contributed by atoms with van der Waals surface area (Å²) in [5.41, 5.74) is 2.36. The van der Waals surface area contributed by atoms with Crippen LogP contribution in [0.4, 0.5) is 0 Å². The van der Waals surface area contributed by atoms with Crippen LogP contribution in [0.3, 0.4) is 0 Å². The molecule has 1 saturated heterocycles. The van der Waals surface area contributed by atoms with E-state index in [-0.39, 0.29) is 24.0 Å². The number of carbonyl (C=O) groups excluding carboxylic acids is 1. The number of amides is 1. The molecule has 2 heterocycles. The number of likely N-dealkylation sites (tertiary alicyclic amines) is 1. The fourth-order valence-corrected chi connectivity index (χ4v) is 3.59. The zero-order valence-corrected chi connectivity index (χ0v) is 16.6. The monoisotopic (exact) mass is 386 g/mol. The number of rotatable bonds is 7. The van der Waals surface area contributed by atoms with Crippen molar-refractivity contribution in [3.63, 3.8) is 0 Å². The second-order valence-corrected chi connectivity index (χ2v) is 7.84. The molecule has 1 aliphatic heterocycles. The van der Waals surface area contributed by atoms with Crippen LogP contribution in [-0.4, -0.2) is 40.5 Å². The van der Waals surface area contributed by atoms with E-state index < -0.39 is 0 Å². The van der Waals surface area contributed by atoms with E-state index in [4.69, 9.17) is 11.6 Å². The van der Waals surface area contributed by atoms with Crippen LogP contribution in [-0.2, 0) is 17.9 Å². The van der Waals surface area contributed by atoms with Gasteiger partial charge < -0.3 is 10.6 Å². The van der Waals surface area contributed by atoms with Crippen LogP contribution < -0.4 is 10.6 Å². The standard InChI is InChI=1S/C21H27ClN4O/c1-15(2)25-21(27)20-11-19(24-12-16-7-9-23-10-8-16)14-26(20)13-17-3-5-18(22)6-4-17/h3-10,15,19-20,24H,11-14H2,1-2H3,(H,25,27)/t19-,20+/m1/s1. The van der Waals surface area contributed by atoms with Crippen molar-refractivity contribution in [2.24, 2.45) is 0 Å². The molecule has 1 aromatic heterocycles. The Kier molecular flexibility index (Phi) is 6.83. The molecule has 5 nitrogen and oxygen atoms in total. The largest absolute Gasteiger partial charge is 0.353 e. The van der Waals surface area contributed by atoms with Crippen molar-refractivity contribution in [1.82, 2.24) is 20.5 Å². The number of halogens is 1. The summed E-state index contributed by atoms with van der Waals surface area (Å²) >= 11 is 6.00. The molecule has 0 spiro atoms. The minimum atomic E-state index is -0.127. The maximum atomic E-state index is 12.7. The maximum absolute atomic E-state index is 12.7. The molecule has 2 aromatic rings. The van der Waals surface area contributed by atoms with Crippen molar-refractivity contribution >= 4 is 17.5 Å². The van der Waals surface area contributed by atoms with Crippen molar-refractivity contribution in [3.8, 4) is 0 Å². The third kappa shape index (κ3) is 5.76. The fraction of sp³-hybridized carbons (Fsp3) is 0.429. The molecule has 1 aliphatic rings. The minimum Gasteiger partial charge on any atom is -0.353 e. The molecule has 3 rings (SSSR count). The summed E-state index contributed by atoms with van der Waals surface area (Å²) in [6.07, 6.45) is 4.41. The molecule has 0 aliphatic carbocycles. The molecule has 6 heteroatoms. The Balaban J connectivity index is 1.66. The quantitative estimate of drug-likeness (QED) is 0.768. The van der Waals surface area contributed by atoms with E-state index in [1.54, 1.807) is 12.4 Å². The van der Waals surface area contributed by atoms with Crippen LogP contribution in [0, 0.1) is 0 Å². The third-order valence-corrected chi connectivity index (χ3v) is 5.03. The zero-order valence-electron chi connectivity index (χ0n) is 15.9. The number of nitrogens with one attached hydrogen (secondary N) is 2. The predicted molar refractivity (Wildman–Crippen MR) is 108 cm³/mol. The van der Waals surface area contributed by atoms with E-state index in [9.17, 15) is 4.79 Å². The smallest absolute Gasteiger partial charge is 0.237 e. The molecular formula is C21H27ClN4O. The highest BCUT2D eigenvalue weighted by Gasteiger charge is 2.36. The van der Waals surface area contributed by atoms with Gasteiger partial charge >= 0.3 is 0 Å². The van der Waals surface area contributed by atoms with Crippen LogP contribution >= 0.6 is 11.6 Å². The summed E-state index contributed by atoms with van der Waals surface area (Å²) in [5.74, 6) is 0.104. The predicted octanol–water partition coefficient (Wildman–Crippen LogP) is 2.99. The van der Waals surface area contributed by atoms with Gasteiger partial charge in [-0.2, -0.15) is 0 Å². The van der Waals surface area contributed by atoms with Gasteiger partial charge in [-0.05, 0) is 55.7 Å². The van der Waals surface area contributed by atoms with Gasteiger partial charge in [0.25, 0.3) is 0 Å². The fourth-order valence-electron chi connectivity index (χ4n) is 3.47. The highest BCUT2D eigenvalue weighted by molar-refractivity contribution is 6.30. The Hall–Kier alpha value is -1.95. The molecule has 1 amide bonds. The molecular weight excluding hydrogens is 360 g/mol. The summed E-state index contributed by atoms with van der Waals surface area (Å²) in [6.45, 7) is 6.34. The van der Waals surface area contributed by atoms with Crippen LogP contribution in [0.1, 0.15) is 31.4 Å². The first kappa shape index (κ1) is 19.8. The normalized spacial score (nSPS) is 20.1. The van der Waals surface area contributed by atoms with Crippen molar-refractivity contribution < 1.29 is 4.79 Å². The number of benzene rings is 1. The van der Waals surface area contributed by atoms with Crippen molar-refractivity contribution in [2.75, 3.05) is 6.54 Å². The Labute approximate surface area is 166 Å². The molecule has 2 atom stereocenters. The average Bonchev–Trinajstić information content (AvgIpc) is 3.05. The van der Waals surface area contributed by atoms with Crippen LogP contribution in [0.2, 0.25) is 5.02 Å². The van der Waals surface area contributed by atoms with Crippen molar-refractivity contribution in [2.45, 2.75) is 51.5 Å². The number of hydrogen-bond acceptors (Lipinski definition) is 4. The summed E-state index contributed by atoms with van der Waals surface area (Å²) in [6, 6.07) is 12.1. The van der Waals surface area contributed by atoms with E-state index >= 15 is 0 Å². The Morgan fingerprint density at radius 2 is 1.89 bits per heavy atom. The molecule has 144 valence electrons. The van der Waals surface area contributed by atoms with Gasteiger partial charge in [0.05, 0.1) is 6.04 Å². The second kappa shape index (κ2) is 9.31.